The van der Waals surface area contributed by atoms with E-state index in [-0.39, 0.29) is 17.1 Å². The summed E-state index contributed by atoms with van der Waals surface area (Å²) in [7, 11) is 1.67. The Hall–Kier alpha value is -3.38. The zero-order valence-corrected chi connectivity index (χ0v) is 17.5. The Morgan fingerprint density at radius 3 is 2.50 bits per heavy atom. The number of amides is 1. The fourth-order valence-electron chi connectivity index (χ4n) is 3.82. The van der Waals surface area contributed by atoms with Gasteiger partial charge in [0.1, 0.15) is 17.1 Å². The molecule has 148 valence electrons. The third-order valence-corrected chi connectivity index (χ3v) is 5.71. The summed E-state index contributed by atoms with van der Waals surface area (Å²) in [6.07, 6.45) is 0. The van der Waals surface area contributed by atoms with E-state index in [1.807, 2.05) is 54.6 Å². The quantitative estimate of drug-likeness (QED) is 0.402. The van der Waals surface area contributed by atoms with Crippen molar-refractivity contribution in [2.45, 2.75) is 6.04 Å². The molecule has 0 bridgehead atoms. The molecule has 0 spiro atoms. The van der Waals surface area contributed by atoms with Crippen molar-refractivity contribution in [1.29, 1.82) is 0 Å². The number of halogens is 1. The van der Waals surface area contributed by atoms with Crippen LogP contribution < -0.4 is 10.2 Å². The van der Waals surface area contributed by atoms with Gasteiger partial charge in [-0.3, -0.25) is 9.59 Å². The molecular weight excluding hydrogens is 446 g/mol. The Kier molecular flexibility index (Phi) is 4.44. The molecule has 5 rings (SSSR count). The highest BCUT2D eigenvalue weighted by Gasteiger charge is 2.40. The van der Waals surface area contributed by atoms with Crippen LogP contribution in [0.1, 0.15) is 27.7 Å². The van der Waals surface area contributed by atoms with E-state index in [0.29, 0.717) is 28.0 Å². The SMILES string of the molecule is CN1C(=O)c2oc3ccc(Br)cc3c(=O)c2C1c1cccc(Oc2ccccc2)c1. The summed E-state index contributed by atoms with van der Waals surface area (Å²) in [6.45, 7) is 0. The van der Waals surface area contributed by atoms with E-state index < -0.39 is 6.04 Å². The van der Waals surface area contributed by atoms with Gasteiger partial charge in [0.15, 0.2) is 5.43 Å². The summed E-state index contributed by atoms with van der Waals surface area (Å²) in [5, 5.41) is 0.438. The molecule has 0 aliphatic carbocycles. The van der Waals surface area contributed by atoms with E-state index in [2.05, 4.69) is 15.9 Å². The molecule has 30 heavy (non-hydrogen) atoms. The predicted octanol–water partition coefficient (Wildman–Crippen LogP) is 5.52. The number of hydrogen-bond donors (Lipinski definition) is 0. The predicted molar refractivity (Wildman–Crippen MR) is 117 cm³/mol. The smallest absolute Gasteiger partial charge is 0.290 e. The summed E-state index contributed by atoms with van der Waals surface area (Å²) >= 11 is 3.40. The molecule has 0 saturated heterocycles. The molecular formula is C24H16BrNO4. The summed E-state index contributed by atoms with van der Waals surface area (Å²) in [5.41, 5.74) is 1.32. The highest BCUT2D eigenvalue weighted by Crippen LogP contribution is 2.38. The van der Waals surface area contributed by atoms with Crippen LogP contribution in [0.15, 0.2) is 86.5 Å². The van der Waals surface area contributed by atoms with Crippen molar-refractivity contribution >= 4 is 32.8 Å². The van der Waals surface area contributed by atoms with E-state index in [1.54, 1.807) is 25.2 Å². The Balaban J connectivity index is 1.64. The largest absolute Gasteiger partial charge is 0.457 e. The molecule has 1 atom stereocenters. The van der Waals surface area contributed by atoms with Crippen LogP contribution in [0.25, 0.3) is 11.0 Å². The lowest BCUT2D eigenvalue weighted by molar-refractivity contribution is 0.0771. The third kappa shape index (κ3) is 3.00. The van der Waals surface area contributed by atoms with Gasteiger partial charge in [0.05, 0.1) is 17.0 Å². The molecule has 1 aliphatic heterocycles. The number of fused-ring (bicyclic) bond motifs is 2. The summed E-state index contributed by atoms with van der Waals surface area (Å²) < 4.78 is 12.6. The van der Waals surface area contributed by atoms with Gasteiger partial charge in [0.25, 0.3) is 5.91 Å². The van der Waals surface area contributed by atoms with Crippen molar-refractivity contribution in [3.8, 4) is 11.5 Å². The average molecular weight is 462 g/mol. The lowest BCUT2D eigenvalue weighted by Gasteiger charge is -2.21. The van der Waals surface area contributed by atoms with Crippen LogP contribution in [0.2, 0.25) is 0 Å². The molecule has 6 heteroatoms. The number of nitrogens with zero attached hydrogens (tertiary/aromatic N) is 1. The van der Waals surface area contributed by atoms with Crippen molar-refractivity contribution < 1.29 is 13.9 Å². The maximum atomic E-state index is 13.3. The molecule has 0 radical (unpaired) electrons. The second-order valence-corrected chi connectivity index (χ2v) is 8.04. The molecule has 1 unspecified atom stereocenters. The fourth-order valence-corrected chi connectivity index (χ4v) is 4.18. The first-order valence-corrected chi connectivity index (χ1v) is 10.2. The van der Waals surface area contributed by atoms with E-state index >= 15 is 0 Å². The second-order valence-electron chi connectivity index (χ2n) is 7.12. The highest BCUT2D eigenvalue weighted by molar-refractivity contribution is 9.10. The zero-order chi connectivity index (χ0) is 20.8. The van der Waals surface area contributed by atoms with Gasteiger partial charge in [-0.1, -0.05) is 46.3 Å². The van der Waals surface area contributed by atoms with E-state index in [1.165, 1.54) is 4.90 Å². The van der Waals surface area contributed by atoms with E-state index in [9.17, 15) is 9.59 Å². The number of para-hydroxylation sites is 1. The third-order valence-electron chi connectivity index (χ3n) is 5.22. The van der Waals surface area contributed by atoms with Gasteiger partial charge in [-0.15, -0.1) is 0 Å². The van der Waals surface area contributed by atoms with Crippen molar-refractivity contribution in [2.75, 3.05) is 7.05 Å². The molecule has 2 heterocycles. The lowest BCUT2D eigenvalue weighted by Crippen LogP contribution is -2.25. The van der Waals surface area contributed by atoms with E-state index in [0.717, 1.165) is 10.0 Å². The van der Waals surface area contributed by atoms with Crippen LogP contribution in [-0.2, 0) is 0 Å². The van der Waals surface area contributed by atoms with Gasteiger partial charge in [0.2, 0.25) is 5.76 Å². The first-order chi connectivity index (χ1) is 14.5. The van der Waals surface area contributed by atoms with Crippen LogP contribution in [0.3, 0.4) is 0 Å². The maximum absolute atomic E-state index is 13.3. The highest BCUT2D eigenvalue weighted by atomic mass is 79.9. The molecule has 5 nitrogen and oxygen atoms in total. The number of carbonyl (C=O) groups excluding carboxylic acids is 1. The minimum Gasteiger partial charge on any atom is -0.457 e. The van der Waals surface area contributed by atoms with Gasteiger partial charge >= 0.3 is 0 Å². The van der Waals surface area contributed by atoms with Gasteiger partial charge < -0.3 is 14.1 Å². The van der Waals surface area contributed by atoms with Crippen molar-refractivity contribution in [3.63, 3.8) is 0 Å². The first-order valence-electron chi connectivity index (χ1n) is 9.39. The Morgan fingerprint density at radius 2 is 1.70 bits per heavy atom. The molecule has 1 amide bonds. The van der Waals surface area contributed by atoms with Crippen LogP contribution in [-0.4, -0.2) is 17.9 Å². The number of benzene rings is 3. The molecule has 1 aliphatic rings. The summed E-state index contributed by atoms with van der Waals surface area (Å²) in [5.74, 6) is 1.12. The number of hydrogen-bond acceptors (Lipinski definition) is 4. The fraction of sp³-hybridized carbons (Fsp3) is 0.0833. The van der Waals surface area contributed by atoms with Crippen LogP contribution in [0, 0.1) is 0 Å². The van der Waals surface area contributed by atoms with Crippen molar-refractivity contribution in [2.24, 2.45) is 0 Å². The van der Waals surface area contributed by atoms with Crippen molar-refractivity contribution in [3.05, 3.63) is 104 Å². The number of ether oxygens (including phenoxy) is 1. The molecule has 0 fully saturated rings. The van der Waals surface area contributed by atoms with Crippen LogP contribution in [0.5, 0.6) is 11.5 Å². The molecule has 1 aromatic heterocycles. The Morgan fingerprint density at radius 1 is 0.933 bits per heavy atom. The minimum atomic E-state index is -0.550. The average Bonchev–Trinajstić information content (AvgIpc) is 3.00. The number of rotatable bonds is 3. The van der Waals surface area contributed by atoms with Gasteiger partial charge in [-0.2, -0.15) is 0 Å². The minimum absolute atomic E-state index is 0.0942. The standard InChI is InChI=1S/C24H16BrNO4/c1-26-21(14-6-5-9-17(12-14)29-16-7-3-2-4-8-16)20-22(27)18-13-15(25)10-11-19(18)30-23(20)24(26)28/h2-13,21H,1H3. The Labute approximate surface area is 180 Å². The molecule has 0 saturated carbocycles. The maximum Gasteiger partial charge on any atom is 0.290 e. The van der Waals surface area contributed by atoms with Gasteiger partial charge in [-0.05, 0) is 48.0 Å². The van der Waals surface area contributed by atoms with Crippen LogP contribution in [0.4, 0.5) is 0 Å². The Bertz CT molecular complexity index is 1350. The second kappa shape index (κ2) is 7.15. The van der Waals surface area contributed by atoms with Crippen molar-refractivity contribution in [1.82, 2.24) is 4.90 Å². The lowest BCUT2D eigenvalue weighted by atomic mass is 9.98. The van der Waals surface area contributed by atoms with Gasteiger partial charge in [-0.25, -0.2) is 0 Å². The normalized spacial score (nSPS) is 15.5. The molecule has 0 N–H and O–H groups in total. The topological polar surface area (TPSA) is 59.8 Å². The monoisotopic (exact) mass is 461 g/mol. The zero-order valence-electron chi connectivity index (χ0n) is 16.0. The summed E-state index contributed by atoms with van der Waals surface area (Å²) in [4.78, 5) is 27.7. The summed E-state index contributed by atoms with van der Waals surface area (Å²) in [6, 6.07) is 21.5. The molecule has 4 aromatic rings. The van der Waals surface area contributed by atoms with Crippen LogP contribution >= 0.6 is 15.9 Å². The molecule has 3 aromatic carbocycles. The van der Waals surface area contributed by atoms with E-state index in [4.69, 9.17) is 9.15 Å². The van der Waals surface area contributed by atoms with Gasteiger partial charge in [0, 0.05) is 11.5 Å². The number of carbonyl (C=O) groups is 1. The first kappa shape index (κ1) is 18.6.